The van der Waals surface area contributed by atoms with Crippen molar-refractivity contribution in [3.05, 3.63) is 35.1 Å². The number of amides is 1. The first-order valence-corrected chi connectivity index (χ1v) is 4.88. The van der Waals surface area contributed by atoms with Gasteiger partial charge in [-0.05, 0) is 43.0 Å². The first-order valence-electron chi connectivity index (χ1n) is 4.88. The number of hydrazine groups is 1. The van der Waals surface area contributed by atoms with Crippen LogP contribution >= 0.6 is 0 Å². The van der Waals surface area contributed by atoms with Crippen molar-refractivity contribution in [1.29, 1.82) is 0 Å². The number of carbonyl (C=O) groups is 1. The first-order chi connectivity index (χ1) is 7.10. The fraction of sp³-hybridized carbons (Fsp3) is 0.364. The minimum absolute atomic E-state index is 0.226. The monoisotopic (exact) mass is 208 g/mol. The standard InChI is InChI=1S/C11H13FN2O/c1-7-2-3-8(12)6-9(7)11(4-5-11)10(15)14-13/h2-3,6H,4-5,13H2,1H3,(H,14,15). The summed E-state index contributed by atoms with van der Waals surface area (Å²) in [5, 5.41) is 0. The van der Waals surface area contributed by atoms with Crippen molar-refractivity contribution in [1.82, 2.24) is 5.43 Å². The predicted molar refractivity (Wildman–Crippen MR) is 54.4 cm³/mol. The number of aryl methyl sites for hydroxylation is 1. The second-order valence-corrected chi connectivity index (χ2v) is 4.01. The fourth-order valence-corrected chi connectivity index (χ4v) is 1.99. The molecule has 2 rings (SSSR count). The van der Waals surface area contributed by atoms with Crippen molar-refractivity contribution in [2.24, 2.45) is 5.84 Å². The maximum atomic E-state index is 13.1. The number of benzene rings is 1. The molecule has 1 aromatic carbocycles. The van der Waals surface area contributed by atoms with Crippen LogP contribution in [0, 0.1) is 12.7 Å². The van der Waals surface area contributed by atoms with Crippen molar-refractivity contribution in [2.75, 3.05) is 0 Å². The third kappa shape index (κ3) is 1.51. The van der Waals surface area contributed by atoms with Crippen LogP contribution in [0.2, 0.25) is 0 Å². The van der Waals surface area contributed by atoms with E-state index < -0.39 is 5.41 Å². The van der Waals surface area contributed by atoms with E-state index in [9.17, 15) is 9.18 Å². The highest BCUT2D eigenvalue weighted by Gasteiger charge is 2.51. The number of hydrogen-bond donors (Lipinski definition) is 2. The molecule has 0 radical (unpaired) electrons. The number of carbonyl (C=O) groups excluding carboxylic acids is 1. The van der Waals surface area contributed by atoms with Crippen LogP contribution < -0.4 is 11.3 Å². The van der Waals surface area contributed by atoms with Crippen molar-refractivity contribution in [3.8, 4) is 0 Å². The predicted octanol–water partition coefficient (Wildman–Crippen LogP) is 1.16. The summed E-state index contributed by atoms with van der Waals surface area (Å²) >= 11 is 0. The van der Waals surface area contributed by atoms with Crippen LogP contribution in [0.5, 0.6) is 0 Å². The average Bonchev–Trinajstić information content (AvgIpc) is 3.01. The van der Waals surface area contributed by atoms with Gasteiger partial charge in [-0.1, -0.05) is 6.07 Å². The van der Waals surface area contributed by atoms with Gasteiger partial charge in [-0.25, -0.2) is 10.2 Å². The molecule has 3 nitrogen and oxygen atoms in total. The van der Waals surface area contributed by atoms with Gasteiger partial charge < -0.3 is 0 Å². The van der Waals surface area contributed by atoms with Gasteiger partial charge in [0.1, 0.15) is 5.82 Å². The summed E-state index contributed by atoms with van der Waals surface area (Å²) in [6, 6.07) is 4.52. The molecule has 1 aliphatic carbocycles. The molecule has 1 saturated carbocycles. The average molecular weight is 208 g/mol. The number of hydrogen-bond acceptors (Lipinski definition) is 2. The lowest BCUT2D eigenvalue weighted by Gasteiger charge is -2.16. The molecule has 0 bridgehead atoms. The van der Waals surface area contributed by atoms with E-state index in [0.29, 0.717) is 0 Å². The Bertz CT molecular complexity index is 413. The molecule has 0 saturated heterocycles. The molecule has 80 valence electrons. The summed E-state index contributed by atoms with van der Waals surface area (Å²) in [7, 11) is 0. The molecule has 1 aromatic rings. The van der Waals surface area contributed by atoms with E-state index in [4.69, 9.17) is 5.84 Å². The summed E-state index contributed by atoms with van der Waals surface area (Å²) in [4.78, 5) is 11.6. The minimum Gasteiger partial charge on any atom is -0.293 e. The molecule has 15 heavy (non-hydrogen) atoms. The summed E-state index contributed by atoms with van der Waals surface area (Å²) < 4.78 is 13.1. The highest BCUT2D eigenvalue weighted by atomic mass is 19.1. The van der Waals surface area contributed by atoms with E-state index in [2.05, 4.69) is 5.43 Å². The summed E-state index contributed by atoms with van der Waals surface area (Å²) in [6.45, 7) is 1.87. The fourth-order valence-electron chi connectivity index (χ4n) is 1.99. The molecule has 0 atom stereocenters. The van der Waals surface area contributed by atoms with Crippen LogP contribution in [0.15, 0.2) is 18.2 Å². The smallest absolute Gasteiger partial charge is 0.244 e. The molecular formula is C11H13FN2O. The summed E-state index contributed by atoms with van der Waals surface area (Å²) in [5.74, 6) is 4.59. The molecule has 3 N–H and O–H groups in total. The lowest BCUT2D eigenvalue weighted by atomic mass is 9.91. The molecule has 0 aromatic heterocycles. The normalized spacial score (nSPS) is 17.3. The summed E-state index contributed by atoms with van der Waals surface area (Å²) in [6.07, 6.45) is 1.47. The molecule has 0 heterocycles. The van der Waals surface area contributed by atoms with E-state index in [0.717, 1.165) is 24.0 Å². The number of nitrogens with two attached hydrogens (primary N) is 1. The molecule has 1 amide bonds. The van der Waals surface area contributed by atoms with Gasteiger partial charge in [0.05, 0.1) is 5.41 Å². The van der Waals surface area contributed by atoms with Crippen LogP contribution in [-0.4, -0.2) is 5.91 Å². The molecule has 1 aliphatic rings. The van der Waals surface area contributed by atoms with Gasteiger partial charge in [-0.15, -0.1) is 0 Å². The Morgan fingerprint density at radius 1 is 1.53 bits per heavy atom. The zero-order chi connectivity index (χ0) is 11.1. The first kappa shape index (κ1) is 10.1. The van der Waals surface area contributed by atoms with Gasteiger partial charge in [0.25, 0.3) is 0 Å². The molecular weight excluding hydrogens is 195 g/mol. The van der Waals surface area contributed by atoms with Gasteiger partial charge >= 0.3 is 0 Å². The van der Waals surface area contributed by atoms with Crippen LogP contribution in [-0.2, 0) is 10.2 Å². The van der Waals surface area contributed by atoms with Crippen molar-refractivity contribution in [3.63, 3.8) is 0 Å². The maximum absolute atomic E-state index is 13.1. The van der Waals surface area contributed by atoms with Crippen molar-refractivity contribution >= 4 is 5.91 Å². The van der Waals surface area contributed by atoms with E-state index in [1.54, 1.807) is 6.07 Å². The second-order valence-electron chi connectivity index (χ2n) is 4.01. The highest BCUT2D eigenvalue weighted by molar-refractivity contribution is 5.91. The van der Waals surface area contributed by atoms with Crippen LogP contribution in [0.25, 0.3) is 0 Å². The zero-order valence-electron chi connectivity index (χ0n) is 8.51. The third-order valence-corrected chi connectivity index (χ3v) is 3.03. The molecule has 4 heteroatoms. The van der Waals surface area contributed by atoms with Crippen LogP contribution in [0.3, 0.4) is 0 Å². The van der Waals surface area contributed by atoms with Gasteiger partial charge in [0.15, 0.2) is 0 Å². The van der Waals surface area contributed by atoms with E-state index in [1.165, 1.54) is 12.1 Å². The lowest BCUT2D eigenvalue weighted by molar-refractivity contribution is -0.123. The Kier molecular flexibility index (Phi) is 2.23. The Morgan fingerprint density at radius 3 is 2.73 bits per heavy atom. The second kappa shape index (κ2) is 3.31. The maximum Gasteiger partial charge on any atom is 0.244 e. The SMILES string of the molecule is Cc1ccc(F)cc1C1(C(=O)NN)CC1. The van der Waals surface area contributed by atoms with E-state index in [-0.39, 0.29) is 11.7 Å². The van der Waals surface area contributed by atoms with Crippen molar-refractivity contribution in [2.45, 2.75) is 25.2 Å². The molecule has 0 unspecified atom stereocenters. The lowest BCUT2D eigenvalue weighted by Crippen LogP contribution is -2.39. The Morgan fingerprint density at radius 2 is 2.20 bits per heavy atom. The van der Waals surface area contributed by atoms with Gasteiger partial charge in [-0.3, -0.25) is 10.2 Å². The van der Waals surface area contributed by atoms with Gasteiger partial charge in [0.2, 0.25) is 5.91 Å². The number of halogens is 1. The van der Waals surface area contributed by atoms with E-state index >= 15 is 0 Å². The summed E-state index contributed by atoms with van der Waals surface area (Å²) in [5.41, 5.74) is 3.25. The zero-order valence-corrected chi connectivity index (χ0v) is 8.51. The van der Waals surface area contributed by atoms with Gasteiger partial charge in [0, 0.05) is 0 Å². The van der Waals surface area contributed by atoms with Crippen LogP contribution in [0.4, 0.5) is 4.39 Å². The van der Waals surface area contributed by atoms with Crippen molar-refractivity contribution < 1.29 is 9.18 Å². The topological polar surface area (TPSA) is 55.1 Å². The number of rotatable bonds is 2. The number of nitrogens with one attached hydrogen (secondary N) is 1. The van der Waals surface area contributed by atoms with Gasteiger partial charge in [-0.2, -0.15) is 0 Å². The molecule has 0 spiro atoms. The minimum atomic E-state index is -0.582. The largest absolute Gasteiger partial charge is 0.293 e. The Balaban J connectivity index is 2.45. The quantitative estimate of drug-likeness (QED) is 0.435. The molecule has 0 aliphatic heterocycles. The Hall–Kier alpha value is -1.42. The molecule has 1 fully saturated rings. The Labute approximate surface area is 87.4 Å². The van der Waals surface area contributed by atoms with Crippen LogP contribution in [0.1, 0.15) is 24.0 Å². The highest BCUT2D eigenvalue weighted by Crippen LogP contribution is 2.49. The van der Waals surface area contributed by atoms with E-state index in [1.807, 2.05) is 6.92 Å². The third-order valence-electron chi connectivity index (χ3n) is 3.03.